The van der Waals surface area contributed by atoms with Crippen LogP contribution in [-0.2, 0) is 6.54 Å². The summed E-state index contributed by atoms with van der Waals surface area (Å²) in [5.41, 5.74) is 11.9. The molecule has 3 aromatic carbocycles. The van der Waals surface area contributed by atoms with Crippen LogP contribution in [0.25, 0.3) is 11.3 Å². The second-order valence-electron chi connectivity index (χ2n) is 7.57. The van der Waals surface area contributed by atoms with Crippen LogP contribution in [0.3, 0.4) is 0 Å². The van der Waals surface area contributed by atoms with Gasteiger partial charge >= 0.3 is 0 Å². The van der Waals surface area contributed by atoms with E-state index in [4.69, 9.17) is 11.0 Å². The van der Waals surface area contributed by atoms with Crippen LogP contribution in [0.5, 0.6) is 0 Å². The monoisotopic (exact) mass is 405 g/mol. The minimum absolute atomic E-state index is 0.103. The number of carbonyl (C=O) groups is 1. The average Bonchev–Trinajstić information content (AvgIpc) is 3.15. The summed E-state index contributed by atoms with van der Waals surface area (Å²) >= 11 is 0. The van der Waals surface area contributed by atoms with E-state index in [0.29, 0.717) is 17.7 Å². The molecule has 1 amide bonds. The molecule has 1 aromatic heterocycles. The molecule has 0 saturated carbocycles. The fourth-order valence-electron chi connectivity index (χ4n) is 4.04. The van der Waals surface area contributed by atoms with Gasteiger partial charge in [0.25, 0.3) is 5.91 Å². The summed E-state index contributed by atoms with van der Waals surface area (Å²) < 4.78 is 2.16. The van der Waals surface area contributed by atoms with Crippen LogP contribution in [0.1, 0.15) is 38.7 Å². The highest BCUT2D eigenvalue weighted by atomic mass is 16.1. The molecule has 4 rings (SSSR count). The van der Waals surface area contributed by atoms with Crippen molar-refractivity contribution < 1.29 is 4.79 Å². The summed E-state index contributed by atoms with van der Waals surface area (Å²) in [5.74, 6) is -0.339. The van der Waals surface area contributed by atoms with Gasteiger partial charge in [0, 0.05) is 23.9 Å². The molecule has 0 aliphatic rings. The van der Waals surface area contributed by atoms with Gasteiger partial charge < -0.3 is 10.3 Å². The third-order valence-corrected chi connectivity index (χ3v) is 5.71. The van der Waals surface area contributed by atoms with E-state index in [0.717, 1.165) is 17.0 Å². The van der Waals surface area contributed by atoms with Gasteiger partial charge in [-0.1, -0.05) is 72.8 Å². The molecule has 0 fully saturated rings. The summed E-state index contributed by atoms with van der Waals surface area (Å²) in [6, 6.07) is 32.1. The molecule has 4 aromatic rings. The molecule has 0 radical (unpaired) electrons. The second kappa shape index (κ2) is 8.73. The predicted octanol–water partition coefficient (Wildman–Crippen LogP) is 5.27. The molecule has 0 aliphatic carbocycles. The van der Waals surface area contributed by atoms with Crippen LogP contribution >= 0.6 is 0 Å². The summed E-state index contributed by atoms with van der Waals surface area (Å²) in [6.45, 7) is 2.59. The van der Waals surface area contributed by atoms with Crippen molar-refractivity contribution in [1.82, 2.24) is 4.57 Å². The van der Waals surface area contributed by atoms with Gasteiger partial charge in [0.15, 0.2) is 0 Å². The zero-order valence-corrected chi connectivity index (χ0v) is 17.3. The second-order valence-corrected chi connectivity index (χ2v) is 7.57. The van der Waals surface area contributed by atoms with E-state index in [2.05, 4.69) is 34.9 Å². The van der Waals surface area contributed by atoms with Gasteiger partial charge in [-0.05, 0) is 41.8 Å². The number of hydrogen-bond acceptors (Lipinski definition) is 2. The predicted molar refractivity (Wildman–Crippen MR) is 123 cm³/mol. The number of nitriles is 1. The number of rotatable bonds is 6. The molecule has 0 atom stereocenters. The SMILES string of the molecule is Cc1c(C(N)=O)cc(-c2ccc(C#N)cc2)n1CC(c1ccccc1)c1ccccc1. The fourth-order valence-corrected chi connectivity index (χ4v) is 4.04. The van der Waals surface area contributed by atoms with Gasteiger partial charge in [0.05, 0.1) is 17.2 Å². The Bertz CT molecular complexity index is 1190. The van der Waals surface area contributed by atoms with Crippen LogP contribution in [0.2, 0.25) is 0 Å². The van der Waals surface area contributed by atoms with Crippen molar-refractivity contribution in [2.75, 3.05) is 0 Å². The highest BCUT2D eigenvalue weighted by Crippen LogP contribution is 2.32. The minimum atomic E-state index is -0.442. The van der Waals surface area contributed by atoms with Gasteiger partial charge in [-0.2, -0.15) is 5.26 Å². The van der Waals surface area contributed by atoms with Crippen molar-refractivity contribution in [2.45, 2.75) is 19.4 Å². The van der Waals surface area contributed by atoms with E-state index in [9.17, 15) is 4.79 Å². The first-order valence-electron chi connectivity index (χ1n) is 10.2. The van der Waals surface area contributed by atoms with Gasteiger partial charge in [-0.15, -0.1) is 0 Å². The number of nitrogens with zero attached hydrogens (tertiary/aromatic N) is 2. The maximum absolute atomic E-state index is 12.1. The van der Waals surface area contributed by atoms with E-state index >= 15 is 0 Å². The molecule has 152 valence electrons. The lowest BCUT2D eigenvalue weighted by Crippen LogP contribution is -2.15. The van der Waals surface area contributed by atoms with Crippen molar-refractivity contribution in [1.29, 1.82) is 5.26 Å². The Hall–Kier alpha value is -4.10. The molecule has 4 nitrogen and oxygen atoms in total. The lowest BCUT2D eigenvalue weighted by molar-refractivity contribution is 0.0999. The van der Waals surface area contributed by atoms with Crippen molar-refractivity contribution in [3.05, 3.63) is 119 Å². The maximum Gasteiger partial charge on any atom is 0.250 e. The lowest BCUT2D eigenvalue weighted by atomic mass is 9.91. The molecule has 0 spiro atoms. The van der Waals surface area contributed by atoms with Gasteiger partial charge in [-0.25, -0.2) is 0 Å². The summed E-state index contributed by atoms with van der Waals surface area (Å²) in [4.78, 5) is 12.1. The molecular formula is C27H23N3O. The largest absolute Gasteiger partial charge is 0.366 e. The van der Waals surface area contributed by atoms with Gasteiger partial charge in [0.1, 0.15) is 0 Å². The average molecular weight is 406 g/mol. The lowest BCUT2D eigenvalue weighted by Gasteiger charge is -2.22. The first kappa shape index (κ1) is 20.2. The maximum atomic E-state index is 12.1. The van der Waals surface area contributed by atoms with Gasteiger partial charge in [-0.3, -0.25) is 4.79 Å². The van der Waals surface area contributed by atoms with E-state index in [-0.39, 0.29) is 5.92 Å². The van der Waals surface area contributed by atoms with E-state index in [1.807, 2.05) is 61.5 Å². The van der Waals surface area contributed by atoms with E-state index < -0.39 is 5.91 Å². The summed E-state index contributed by atoms with van der Waals surface area (Å²) in [6.07, 6.45) is 0. The van der Waals surface area contributed by atoms with Crippen LogP contribution in [0.4, 0.5) is 0 Å². The molecule has 0 unspecified atom stereocenters. The Labute approximate surface area is 182 Å². The molecule has 0 aliphatic heterocycles. The van der Waals surface area contributed by atoms with Crippen LogP contribution in [0.15, 0.2) is 91.0 Å². The highest BCUT2D eigenvalue weighted by molar-refractivity contribution is 5.95. The molecular weight excluding hydrogens is 382 g/mol. The van der Waals surface area contributed by atoms with Gasteiger partial charge in [0.2, 0.25) is 0 Å². The van der Waals surface area contributed by atoms with Crippen LogP contribution < -0.4 is 5.73 Å². The number of benzene rings is 3. The van der Waals surface area contributed by atoms with E-state index in [1.54, 1.807) is 12.1 Å². The zero-order valence-electron chi connectivity index (χ0n) is 17.3. The number of hydrogen-bond donors (Lipinski definition) is 1. The van der Waals surface area contributed by atoms with Crippen molar-refractivity contribution in [3.8, 4) is 17.3 Å². The molecule has 0 bridgehead atoms. The summed E-state index contributed by atoms with van der Waals surface area (Å²) in [5, 5.41) is 9.13. The number of primary amides is 1. The molecule has 1 heterocycles. The first-order chi connectivity index (χ1) is 15.1. The zero-order chi connectivity index (χ0) is 21.8. The third kappa shape index (κ3) is 4.12. The first-order valence-corrected chi connectivity index (χ1v) is 10.2. The Morgan fingerprint density at radius 2 is 1.48 bits per heavy atom. The molecule has 0 saturated heterocycles. The number of nitrogens with two attached hydrogens (primary N) is 1. The topological polar surface area (TPSA) is 71.8 Å². The molecule has 2 N–H and O–H groups in total. The molecule has 31 heavy (non-hydrogen) atoms. The minimum Gasteiger partial charge on any atom is -0.366 e. The Morgan fingerprint density at radius 1 is 0.935 bits per heavy atom. The standard InChI is InChI=1S/C27H23N3O/c1-19-24(27(29)31)16-26(23-14-12-20(17-28)13-15-23)30(19)18-25(21-8-4-2-5-9-21)22-10-6-3-7-11-22/h2-16,25H,18H2,1H3,(H2,29,31). The van der Waals surface area contributed by atoms with E-state index in [1.165, 1.54) is 11.1 Å². The number of amides is 1. The number of aromatic nitrogens is 1. The Morgan fingerprint density at radius 3 is 1.97 bits per heavy atom. The van der Waals surface area contributed by atoms with Crippen molar-refractivity contribution in [3.63, 3.8) is 0 Å². The fraction of sp³-hybridized carbons (Fsp3) is 0.111. The van der Waals surface area contributed by atoms with Crippen molar-refractivity contribution in [2.24, 2.45) is 5.73 Å². The number of carbonyl (C=O) groups excluding carboxylic acids is 1. The van der Waals surface area contributed by atoms with Crippen LogP contribution in [0, 0.1) is 18.3 Å². The highest BCUT2D eigenvalue weighted by Gasteiger charge is 2.21. The normalized spacial score (nSPS) is 10.7. The summed E-state index contributed by atoms with van der Waals surface area (Å²) in [7, 11) is 0. The van der Waals surface area contributed by atoms with Crippen molar-refractivity contribution >= 4 is 5.91 Å². The Kier molecular flexibility index (Phi) is 5.68. The Balaban J connectivity index is 1.85. The third-order valence-electron chi connectivity index (χ3n) is 5.71. The smallest absolute Gasteiger partial charge is 0.250 e. The quantitative estimate of drug-likeness (QED) is 0.475. The van der Waals surface area contributed by atoms with Crippen LogP contribution in [-0.4, -0.2) is 10.5 Å². The molecule has 4 heteroatoms.